The van der Waals surface area contributed by atoms with Crippen LogP contribution in [0.5, 0.6) is 0 Å². The summed E-state index contributed by atoms with van der Waals surface area (Å²) in [5.41, 5.74) is 0.418. The number of amides is 2. The van der Waals surface area contributed by atoms with Gasteiger partial charge in [0, 0.05) is 18.2 Å². The van der Waals surface area contributed by atoms with E-state index in [4.69, 9.17) is 23.2 Å². The lowest BCUT2D eigenvalue weighted by atomic mass is 9.95. The maximum atomic E-state index is 12.4. The molecule has 162 valence electrons. The Balaban J connectivity index is 1.53. The number of nitrogens with zero attached hydrogens (tertiary/aromatic N) is 3. The van der Waals surface area contributed by atoms with Crippen LogP contribution >= 0.6 is 35.0 Å². The Kier molecular flexibility index (Phi) is 8.41. The van der Waals surface area contributed by atoms with Gasteiger partial charge in [0.15, 0.2) is 11.0 Å². The third kappa shape index (κ3) is 6.12. The summed E-state index contributed by atoms with van der Waals surface area (Å²) in [6, 6.07) is 5.01. The van der Waals surface area contributed by atoms with Crippen LogP contribution < -0.4 is 10.6 Å². The third-order valence-corrected chi connectivity index (χ3v) is 6.71. The molecule has 1 heterocycles. The number of hydrogen-bond donors (Lipinski definition) is 2. The molecule has 1 fully saturated rings. The summed E-state index contributed by atoms with van der Waals surface area (Å²) in [6.45, 7) is 2.83. The van der Waals surface area contributed by atoms with E-state index >= 15 is 0 Å². The van der Waals surface area contributed by atoms with Crippen molar-refractivity contribution in [1.82, 2.24) is 25.4 Å². The van der Waals surface area contributed by atoms with Crippen molar-refractivity contribution in [3.05, 3.63) is 39.6 Å². The van der Waals surface area contributed by atoms with E-state index in [1.165, 1.54) is 37.1 Å². The second-order valence-corrected chi connectivity index (χ2v) is 8.90. The lowest BCUT2D eigenvalue weighted by molar-refractivity contribution is -0.119. The largest absolute Gasteiger partial charge is 0.353 e. The van der Waals surface area contributed by atoms with Gasteiger partial charge in [-0.15, -0.1) is 10.2 Å². The number of carbonyl (C=O) groups excluding carboxylic acids is 2. The van der Waals surface area contributed by atoms with E-state index in [2.05, 4.69) is 20.8 Å². The van der Waals surface area contributed by atoms with Gasteiger partial charge in [-0.1, -0.05) is 54.2 Å². The minimum absolute atomic E-state index is 0.0204. The fourth-order valence-electron chi connectivity index (χ4n) is 3.42. The quantitative estimate of drug-likeness (QED) is 0.568. The summed E-state index contributed by atoms with van der Waals surface area (Å²) in [6.07, 6.45) is 5.73. The molecule has 0 atom stereocenters. The van der Waals surface area contributed by atoms with Crippen LogP contribution in [0.15, 0.2) is 23.4 Å². The van der Waals surface area contributed by atoms with E-state index in [0.29, 0.717) is 44.9 Å². The van der Waals surface area contributed by atoms with E-state index in [9.17, 15) is 9.59 Å². The molecule has 0 bridgehead atoms. The molecule has 2 amide bonds. The van der Waals surface area contributed by atoms with Crippen LogP contribution in [0.25, 0.3) is 0 Å². The molecule has 1 aromatic heterocycles. The van der Waals surface area contributed by atoms with Gasteiger partial charge in [-0.3, -0.25) is 9.59 Å². The highest BCUT2D eigenvalue weighted by Crippen LogP contribution is 2.23. The number of carbonyl (C=O) groups is 2. The van der Waals surface area contributed by atoms with E-state index in [1.54, 1.807) is 12.1 Å². The van der Waals surface area contributed by atoms with Crippen molar-refractivity contribution in [2.24, 2.45) is 0 Å². The predicted octanol–water partition coefficient (Wildman–Crippen LogP) is 4.08. The predicted molar refractivity (Wildman–Crippen MR) is 119 cm³/mol. The van der Waals surface area contributed by atoms with Crippen LogP contribution in [0.2, 0.25) is 10.0 Å². The zero-order chi connectivity index (χ0) is 21.5. The summed E-state index contributed by atoms with van der Waals surface area (Å²) < 4.78 is 1.90. The SMILES string of the molecule is CCn1c(CNC(=O)c2ccc(Cl)c(Cl)c2)nnc1SCC(=O)NC1CCCCC1. The van der Waals surface area contributed by atoms with Crippen molar-refractivity contribution in [2.45, 2.75) is 63.3 Å². The van der Waals surface area contributed by atoms with Gasteiger partial charge in [0.25, 0.3) is 5.91 Å². The van der Waals surface area contributed by atoms with Gasteiger partial charge >= 0.3 is 0 Å². The molecular weight excluding hydrogens is 445 g/mol. The number of aromatic nitrogens is 3. The number of hydrogen-bond acceptors (Lipinski definition) is 5. The Hall–Kier alpha value is -1.77. The average molecular weight is 470 g/mol. The van der Waals surface area contributed by atoms with Crippen LogP contribution in [0.3, 0.4) is 0 Å². The molecule has 1 saturated carbocycles. The lowest BCUT2D eigenvalue weighted by Crippen LogP contribution is -2.37. The molecular formula is C20H25Cl2N5O2S. The standard InChI is InChI=1S/C20H25Cl2N5O2S/c1-2-27-17(11-23-19(29)13-8-9-15(21)16(22)10-13)25-26-20(27)30-12-18(28)24-14-6-4-3-5-7-14/h8-10,14H,2-7,11-12H2,1H3,(H,23,29)(H,24,28). The maximum Gasteiger partial charge on any atom is 0.251 e. The molecule has 0 aliphatic heterocycles. The number of halogens is 2. The molecule has 7 nitrogen and oxygen atoms in total. The lowest BCUT2D eigenvalue weighted by Gasteiger charge is -2.22. The maximum absolute atomic E-state index is 12.4. The van der Waals surface area contributed by atoms with Gasteiger partial charge in [-0.25, -0.2) is 0 Å². The number of benzene rings is 1. The second kappa shape index (κ2) is 11.0. The molecule has 2 N–H and O–H groups in total. The van der Waals surface area contributed by atoms with E-state index in [-0.39, 0.29) is 18.4 Å². The topological polar surface area (TPSA) is 88.9 Å². The first-order valence-electron chi connectivity index (χ1n) is 10.1. The summed E-state index contributed by atoms with van der Waals surface area (Å²) in [4.78, 5) is 24.6. The van der Waals surface area contributed by atoms with E-state index in [0.717, 1.165) is 12.8 Å². The molecule has 10 heteroatoms. The van der Waals surface area contributed by atoms with Crippen LogP contribution in [0.1, 0.15) is 55.2 Å². The van der Waals surface area contributed by atoms with Gasteiger partial charge in [0.05, 0.1) is 22.3 Å². The van der Waals surface area contributed by atoms with E-state index in [1.807, 2.05) is 11.5 Å². The summed E-state index contributed by atoms with van der Waals surface area (Å²) in [5, 5.41) is 15.7. The van der Waals surface area contributed by atoms with Gasteiger partial charge in [-0.05, 0) is 38.0 Å². The summed E-state index contributed by atoms with van der Waals surface area (Å²) >= 11 is 13.2. The minimum atomic E-state index is -0.278. The Morgan fingerprint density at radius 1 is 1.17 bits per heavy atom. The molecule has 0 radical (unpaired) electrons. The Labute approximate surface area is 190 Å². The third-order valence-electron chi connectivity index (χ3n) is 5.00. The zero-order valence-electron chi connectivity index (χ0n) is 16.8. The Morgan fingerprint density at radius 2 is 1.93 bits per heavy atom. The first-order chi connectivity index (χ1) is 14.5. The number of nitrogens with one attached hydrogen (secondary N) is 2. The smallest absolute Gasteiger partial charge is 0.251 e. The molecule has 0 unspecified atom stereocenters. The highest BCUT2D eigenvalue weighted by molar-refractivity contribution is 7.99. The number of thioether (sulfide) groups is 1. The molecule has 1 aromatic carbocycles. The molecule has 1 aliphatic rings. The van der Waals surface area contributed by atoms with Gasteiger partial charge in [0.2, 0.25) is 5.91 Å². The van der Waals surface area contributed by atoms with E-state index < -0.39 is 0 Å². The van der Waals surface area contributed by atoms with Crippen LogP contribution in [0.4, 0.5) is 0 Å². The Morgan fingerprint density at radius 3 is 2.63 bits per heavy atom. The van der Waals surface area contributed by atoms with Crippen molar-refractivity contribution in [3.63, 3.8) is 0 Å². The molecule has 1 aliphatic carbocycles. The molecule has 0 saturated heterocycles. The van der Waals surface area contributed by atoms with Gasteiger partial charge < -0.3 is 15.2 Å². The molecule has 0 spiro atoms. The normalized spacial score (nSPS) is 14.5. The van der Waals surface area contributed by atoms with Crippen LogP contribution in [0, 0.1) is 0 Å². The van der Waals surface area contributed by atoms with Gasteiger partial charge in [-0.2, -0.15) is 0 Å². The monoisotopic (exact) mass is 469 g/mol. The molecule has 30 heavy (non-hydrogen) atoms. The highest BCUT2D eigenvalue weighted by atomic mass is 35.5. The fourth-order valence-corrected chi connectivity index (χ4v) is 4.55. The molecule has 3 rings (SSSR count). The summed E-state index contributed by atoms with van der Waals surface area (Å²) in [7, 11) is 0. The van der Waals surface area contributed by atoms with Crippen molar-refractivity contribution in [2.75, 3.05) is 5.75 Å². The summed E-state index contributed by atoms with van der Waals surface area (Å²) in [5.74, 6) is 0.665. The second-order valence-electron chi connectivity index (χ2n) is 7.15. The van der Waals surface area contributed by atoms with Crippen molar-refractivity contribution >= 4 is 46.8 Å². The molecule has 2 aromatic rings. The van der Waals surface area contributed by atoms with Crippen molar-refractivity contribution < 1.29 is 9.59 Å². The first-order valence-corrected chi connectivity index (χ1v) is 11.8. The Bertz CT molecular complexity index is 899. The first kappa shape index (κ1) is 22.9. The number of rotatable bonds is 8. The van der Waals surface area contributed by atoms with Crippen LogP contribution in [-0.4, -0.2) is 38.4 Å². The van der Waals surface area contributed by atoms with Crippen molar-refractivity contribution in [1.29, 1.82) is 0 Å². The zero-order valence-corrected chi connectivity index (χ0v) is 19.1. The minimum Gasteiger partial charge on any atom is -0.353 e. The highest BCUT2D eigenvalue weighted by Gasteiger charge is 2.18. The van der Waals surface area contributed by atoms with Crippen LogP contribution in [-0.2, 0) is 17.9 Å². The average Bonchev–Trinajstić information content (AvgIpc) is 3.15. The fraction of sp³-hybridized carbons (Fsp3) is 0.500. The van der Waals surface area contributed by atoms with Crippen molar-refractivity contribution in [3.8, 4) is 0 Å². The van der Waals surface area contributed by atoms with Gasteiger partial charge in [0.1, 0.15) is 0 Å².